The Labute approximate surface area is 228 Å². The van der Waals surface area contributed by atoms with Crippen molar-refractivity contribution in [2.75, 3.05) is 31.5 Å². The Hall–Kier alpha value is -3.34. The smallest absolute Gasteiger partial charge is 0.410 e. The quantitative estimate of drug-likeness (QED) is 0.468. The van der Waals surface area contributed by atoms with E-state index in [0.29, 0.717) is 37.4 Å². The molecule has 0 aromatic heterocycles. The van der Waals surface area contributed by atoms with Gasteiger partial charge in [0.2, 0.25) is 0 Å². The Bertz CT molecular complexity index is 1360. The number of hydrogen-bond acceptors (Lipinski definition) is 7. The van der Waals surface area contributed by atoms with Crippen LogP contribution in [-0.4, -0.2) is 57.8 Å². The van der Waals surface area contributed by atoms with E-state index < -0.39 is 27.4 Å². The fourth-order valence-corrected chi connectivity index (χ4v) is 6.14. The molecular formula is C28H35FN2O7S. The van der Waals surface area contributed by atoms with Crippen LogP contribution in [0.5, 0.6) is 5.75 Å². The molecule has 0 spiro atoms. The fourth-order valence-electron chi connectivity index (χ4n) is 4.82. The molecule has 0 radical (unpaired) electrons. The summed E-state index contributed by atoms with van der Waals surface area (Å²) in [5.74, 6) is -0.712. The van der Waals surface area contributed by atoms with E-state index in [1.807, 2.05) is 6.92 Å². The van der Waals surface area contributed by atoms with Crippen molar-refractivity contribution in [1.29, 1.82) is 0 Å². The molecule has 1 fully saturated rings. The lowest BCUT2D eigenvalue weighted by atomic mass is 9.92. The van der Waals surface area contributed by atoms with Gasteiger partial charge in [0.1, 0.15) is 22.7 Å². The van der Waals surface area contributed by atoms with E-state index in [1.54, 1.807) is 31.7 Å². The molecule has 1 unspecified atom stereocenters. The number of fused-ring (bicyclic) bond motifs is 1. The molecule has 4 rings (SSSR count). The van der Waals surface area contributed by atoms with Crippen LogP contribution in [0.1, 0.15) is 67.9 Å². The number of nitrogens with one attached hydrogen (secondary N) is 1. The van der Waals surface area contributed by atoms with E-state index in [2.05, 4.69) is 4.72 Å². The Morgan fingerprint density at radius 3 is 2.56 bits per heavy atom. The van der Waals surface area contributed by atoms with Crippen molar-refractivity contribution in [3.8, 4) is 5.75 Å². The highest BCUT2D eigenvalue weighted by molar-refractivity contribution is 7.92. The molecule has 39 heavy (non-hydrogen) atoms. The number of likely N-dealkylation sites (tertiary alicyclic amines) is 1. The van der Waals surface area contributed by atoms with Crippen molar-refractivity contribution in [3.05, 3.63) is 52.8 Å². The second kappa shape index (κ2) is 11.0. The molecule has 212 valence electrons. The minimum atomic E-state index is -4.21. The molecule has 0 saturated carbocycles. The van der Waals surface area contributed by atoms with Crippen molar-refractivity contribution < 1.29 is 36.6 Å². The Morgan fingerprint density at radius 2 is 1.90 bits per heavy atom. The van der Waals surface area contributed by atoms with Gasteiger partial charge < -0.3 is 19.1 Å². The lowest BCUT2D eigenvalue weighted by Crippen LogP contribution is -2.51. The van der Waals surface area contributed by atoms with Gasteiger partial charge in [-0.15, -0.1) is 0 Å². The fraction of sp³-hybridized carbons (Fsp3) is 0.500. The van der Waals surface area contributed by atoms with E-state index in [-0.39, 0.29) is 40.5 Å². The lowest BCUT2D eigenvalue weighted by Gasteiger charge is -2.40. The summed E-state index contributed by atoms with van der Waals surface area (Å²) in [7, 11) is -2.99. The van der Waals surface area contributed by atoms with Gasteiger partial charge >= 0.3 is 12.1 Å². The summed E-state index contributed by atoms with van der Waals surface area (Å²) >= 11 is 0. The number of nitrogens with zero attached hydrogens (tertiary/aromatic N) is 1. The highest BCUT2D eigenvalue weighted by Crippen LogP contribution is 2.40. The average Bonchev–Trinajstić information content (AvgIpc) is 2.81. The Balaban J connectivity index is 1.53. The molecule has 1 atom stereocenters. The number of amides is 1. The minimum absolute atomic E-state index is 0.00508. The van der Waals surface area contributed by atoms with Crippen LogP contribution >= 0.6 is 0 Å². The molecule has 1 amide bonds. The number of sulfonamides is 1. The zero-order chi connectivity index (χ0) is 28.5. The molecule has 9 nitrogen and oxygen atoms in total. The van der Waals surface area contributed by atoms with Gasteiger partial charge in [-0.05, 0) is 87.3 Å². The normalized spacial score (nSPS) is 17.5. The molecule has 2 aliphatic heterocycles. The summed E-state index contributed by atoms with van der Waals surface area (Å²) in [5, 5.41) is 0. The number of esters is 1. The van der Waals surface area contributed by atoms with Gasteiger partial charge in [-0.1, -0.05) is 13.0 Å². The molecule has 2 aromatic rings. The number of methoxy groups -OCH3 is 1. The summed E-state index contributed by atoms with van der Waals surface area (Å²) in [6, 6.07) is 6.77. The van der Waals surface area contributed by atoms with Crippen molar-refractivity contribution in [2.24, 2.45) is 5.92 Å². The van der Waals surface area contributed by atoms with Gasteiger partial charge in [0.15, 0.2) is 0 Å². The first kappa shape index (κ1) is 28.7. The number of hydrogen-bond donors (Lipinski definition) is 1. The summed E-state index contributed by atoms with van der Waals surface area (Å²) in [6.45, 7) is 8.77. The molecule has 1 N–H and O–H groups in total. The summed E-state index contributed by atoms with van der Waals surface area (Å²) in [6.07, 6.45) is 1.23. The van der Waals surface area contributed by atoms with Crippen LogP contribution in [0.15, 0.2) is 35.2 Å². The van der Waals surface area contributed by atoms with Crippen LogP contribution in [0, 0.1) is 11.7 Å². The molecule has 2 heterocycles. The monoisotopic (exact) mass is 562 g/mol. The van der Waals surface area contributed by atoms with E-state index >= 15 is 0 Å². The van der Waals surface area contributed by atoms with Crippen LogP contribution in [0.3, 0.4) is 0 Å². The van der Waals surface area contributed by atoms with E-state index in [0.717, 1.165) is 18.1 Å². The van der Waals surface area contributed by atoms with Crippen LogP contribution in [0.2, 0.25) is 0 Å². The first-order chi connectivity index (χ1) is 18.3. The molecule has 2 aromatic carbocycles. The molecule has 1 saturated heterocycles. The third kappa shape index (κ3) is 6.46. The second-order valence-corrected chi connectivity index (χ2v) is 12.7. The molecule has 11 heteroatoms. The molecular weight excluding hydrogens is 527 g/mol. The molecule has 0 bridgehead atoms. The highest BCUT2D eigenvalue weighted by atomic mass is 32.2. The molecule has 2 aliphatic rings. The number of halogens is 1. The van der Waals surface area contributed by atoms with E-state index in [4.69, 9.17) is 14.2 Å². The predicted octanol–water partition coefficient (Wildman–Crippen LogP) is 5.10. The van der Waals surface area contributed by atoms with Crippen LogP contribution < -0.4 is 9.46 Å². The number of carbonyl (C=O) groups excluding carboxylic acids is 2. The van der Waals surface area contributed by atoms with Gasteiger partial charge in [-0.2, -0.15) is 0 Å². The number of rotatable bonds is 7. The van der Waals surface area contributed by atoms with Gasteiger partial charge in [0, 0.05) is 13.1 Å². The van der Waals surface area contributed by atoms with E-state index in [1.165, 1.54) is 25.3 Å². The summed E-state index contributed by atoms with van der Waals surface area (Å²) in [5.41, 5.74) is 0.548. The zero-order valence-electron chi connectivity index (χ0n) is 22.9. The van der Waals surface area contributed by atoms with Gasteiger partial charge in [-0.25, -0.2) is 22.4 Å². The van der Waals surface area contributed by atoms with Crippen LogP contribution in [0.4, 0.5) is 14.9 Å². The second-order valence-electron chi connectivity index (χ2n) is 11.1. The number of benzene rings is 2. The third-order valence-electron chi connectivity index (χ3n) is 6.89. The SMILES string of the molecule is COC(=O)c1c(NS(=O)(=O)c2ccc(F)cc2CCC2CN(C(=O)OC(C)(C)C)C2)ccc2c1OCCC2C. The Morgan fingerprint density at radius 1 is 1.18 bits per heavy atom. The standard InChI is InChI=1S/C28H35FN2O7S/c1-17-12-13-37-25-21(17)9-10-22(24(25)26(32)36-5)30-39(34,35)23-11-8-20(29)14-19(23)7-6-18-15-31(16-18)27(33)38-28(2,3)4/h8-11,14,17-18,30H,6-7,12-13,15-16H2,1-5H3. The topological polar surface area (TPSA) is 111 Å². The van der Waals surface area contributed by atoms with Gasteiger partial charge in [0.05, 0.1) is 24.3 Å². The van der Waals surface area contributed by atoms with Crippen molar-refractivity contribution in [2.45, 2.75) is 63.4 Å². The molecule has 0 aliphatic carbocycles. The average molecular weight is 563 g/mol. The maximum Gasteiger partial charge on any atom is 0.410 e. The highest BCUT2D eigenvalue weighted by Gasteiger charge is 2.34. The van der Waals surface area contributed by atoms with Gasteiger partial charge in [0.25, 0.3) is 10.0 Å². The maximum atomic E-state index is 14.2. The largest absolute Gasteiger partial charge is 0.492 e. The number of anilines is 1. The Kier molecular flexibility index (Phi) is 8.11. The zero-order valence-corrected chi connectivity index (χ0v) is 23.7. The first-order valence-electron chi connectivity index (χ1n) is 13.0. The third-order valence-corrected chi connectivity index (χ3v) is 8.36. The van der Waals surface area contributed by atoms with Crippen LogP contribution in [-0.2, 0) is 25.9 Å². The van der Waals surface area contributed by atoms with Gasteiger partial charge in [-0.3, -0.25) is 4.72 Å². The predicted molar refractivity (Wildman–Crippen MR) is 143 cm³/mol. The number of aryl methyl sites for hydroxylation is 1. The number of ether oxygens (including phenoxy) is 3. The van der Waals surface area contributed by atoms with E-state index in [9.17, 15) is 22.4 Å². The maximum absolute atomic E-state index is 14.2. The van der Waals surface area contributed by atoms with Crippen LogP contribution in [0.25, 0.3) is 0 Å². The van der Waals surface area contributed by atoms with Crippen molar-refractivity contribution in [3.63, 3.8) is 0 Å². The lowest BCUT2D eigenvalue weighted by molar-refractivity contribution is -0.00205. The summed E-state index contributed by atoms with van der Waals surface area (Å²) in [4.78, 5) is 26.4. The van der Waals surface area contributed by atoms with Crippen molar-refractivity contribution in [1.82, 2.24) is 4.90 Å². The number of carbonyl (C=O) groups is 2. The van der Waals surface area contributed by atoms with Crippen molar-refractivity contribution >= 4 is 27.8 Å². The summed E-state index contributed by atoms with van der Waals surface area (Å²) < 4.78 is 59.8. The first-order valence-corrected chi connectivity index (χ1v) is 14.4. The minimum Gasteiger partial charge on any atom is -0.492 e.